The van der Waals surface area contributed by atoms with E-state index < -0.39 is 0 Å². The number of fused-ring (bicyclic) bond motifs is 1. The van der Waals surface area contributed by atoms with E-state index in [4.69, 9.17) is 9.84 Å². The van der Waals surface area contributed by atoms with Gasteiger partial charge in [-0.2, -0.15) is 5.10 Å². The molecule has 1 fully saturated rings. The first-order chi connectivity index (χ1) is 17.6. The van der Waals surface area contributed by atoms with Crippen LogP contribution in [-0.4, -0.2) is 44.6 Å². The molecular weight excluding hydrogens is 459 g/mol. The van der Waals surface area contributed by atoms with Crippen LogP contribution in [0.2, 0.25) is 0 Å². The van der Waals surface area contributed by atoms with Gasteiger partial charge in [-0.1, -0.05) is 24.3 Å². The van der Waals surface area contributed by atoms with Crippen molar-refractivity contribution in [3.63, 3.8) is 0 Å². The highest BCUT2D eigenvalue weighted by molar-refractivity contribution is 5.94. The van der Waals surface area contributed by atoms with Gasteiger partial charge in [0, 0.05) is 42.4 Å². The molecule has 1 aliphatic heterocycles. The normalized spacial score (nSPS) is 13.6. The van der Waals surface area contributed by atoms with Crippen molar-refractivity contribution in [3.05, 3.63) is 100 Å². The Kier molecular flexibility index (Phi) is 5.54. The molecule has 180 valence electrons. The second-order valence-corrected chi connectivity index (χ2v) is 8.73. The summed E-state index contributed by atoms with van der Waals surface area (Å²) < 4.78 is 23.5. The Morgan fingerprint density at radius 1 is 1.11 bits per heavy atom. The number of para-hydroxylation sites is 1. The minimum Gasteiger partial charge on any atom is -0.380 e. The zero-order valence-electron chi connectivity index (χ0n) is 19.6. The fourth-order valence-corrected chi connectivity index (χ4v) is 4.41. The molecule has 5 aromatic rings. The number of halogens is 1. The van der Waals surface area contributed by atoms with Crippen LogP contribution in [0.4, 0.5) is 10.3 Å². The second-order valence-electron chi connectivity index (χ2n) is 8.73. The van der Waals surface area contributed by atoms with Crippen LogP contribution in [-0.2, 0) is 11.3 Å². The minimum atomic E-state index is -0.375. The molecule has 1 saturated heterocycles. The summed E-state index contributed by atoms with van der Waals surface area (Å²) in [5.41, 5.74) is 3.98. The summed E-state index contributed by atoms with van der Waals surface area (Å²) in [6.45, 7) is 1.75. The van der Waals surface area contributed by atoms with Gasteiger partial charge in [0.25, 0.3) is 5.56 Å². The van der Waals surface area contributed by atoms with E-state index in [1.165, 1.54) is 17.7 Å². The lowest BCUT2D eigenvalue weighted by Crippen LogP contribution is -2.24. The maximum atomic E-state index is 15.0. The van der Waals surface area contributed by atoms with Crippen molar-refractivity contribution in [1.82, 2.24) is 24.3 Å². The van der Waals surface area contributed by atoms with Crippen LogP contribution in [0.3, 0.4) is 0 Å². The van der Waals surface area contributed by atoms with Crippen LogP contribution in [0.15, 0.2) is 77.9 Å². The van der Waals surface area contributed by atoms with Gasteiger partial charge in [-0.15, -0.1) is 0 Å². The van der Waals surface area contributed by atoms with E-state index in [2.05, 4.69) is 15.3 Å². The molecule has 4 heterocycles. The Morgan fingerprint density at radius 3 is 2.67 bits per heavy atom. The summed E-state index contributed by atoms with van der Waals surface area (Å²) in [6, 6.07) is 18.0. The van der Waals surface area contributed by atoms with Crippen molar-refractivity contribution < 1.29 is 9.13 Å². The number of ether oxygens (including phenoxy) is 1. The number of hydrogen-bond donors (Lipinski definition) is 1. The highest BCUT2D eigenvalue weighted by atomic mass is 19.1. The predicted molar refractivity (Wildman–Crippen MR) is 135 cm³/mol. The van der Waals surface area contributed by atoms with Crippen LogP contribution >= 0.6 is 0 Å². The molecule has 0 unspecified atom stereocenters. The molecule has 36 heavy (non-hydrogen) atoms. The average molecular weight is 483 g/mol. The van der Waals surface area contributed by atoms with Crippen molar-refractivity contribution in [2.75, 3.05) is 25.6 Å². The lowest BCUT2D eigenvalue weighted by molar-refractivity contribution is 0.00842. The molecule has 6 rings (SSSR count). The standard InChI is InChI=1S/C27H23FN6O2/c1-29-27-30-11-9-20(31-27)14-33-12-10-18(13-24(33)35)25-22-3-2-4-23(28)26(22)34(32-25)21-7-5-17(6-8-21)19-15-36-16-19/h2-13,19H,14-16H2,1H3,(H,29,30,31). The van der Waals surface area contributed by atoms with Gasteiger partial charge in [0.15, 0.2) is 0 Å². The summed E-state index contributed by atoms with van der Waals surface area (Å²) >= 11 is 0. The molecule has 1 aliphatic rings. The molecule has 9 heteroatoms. The summed E-state index contributed by atoms with van der Waals surface area (Å²) in [5, 5.41) is 8.28. The highest BCUT2D eigenvalue weighted by Gasteiger charge is 2.21. The summed E-state index contributed by atoms with van der Waals surface area (Å²) in [6.07, 6.45) is 3.35. The number of pyridine rings is 1. The molecule has 2 aromatic carbocycles. The lowest BCUT2D eigenvalue weighted by Gasteiger charge is -2.26. The van der Waals surface area contributed by atoms with Gasteiger partial charge in [-0.05, 0) is 35.9 Å². The predicted octanol–water partition coefficient (Wildman–Crippen LogP) is 3.99. The first-order valence-corrected chi connectivity index (χ1v) is 11.7. The summed E-state index contributed by atoms with van der Waals surface area (Å²) in [4.78, 5) is 21.5. The van der Waals surface area contributed by atoms with Gasteiger partial charge in [0.2, 0.25) is 5.95 Å². The van der Waals surface area contributed by atoms with Crippen LogP contribution in [0, 0.1) is 5.82 Å². The topological polar surface area (TPSA) is 86.9 Å². The zero-order valence-corrected chi connectivity index (χ0v) is 19.6. The smallest absolute Gasteiger partial charge is 0.251 e. The average Bonchev–Trinajstić information content (AvgIpc) is 3.26. The van der Waals surface area contributed by atoms with E-state index in [0.29, 0.717) is 46.3 Å². The van der Waals surface area contributed by atoms with Gasteiger partial charge in [0.05, 0.1) is 31.1 Å². The number of nitrogens with zero attached hydrogens (tertiary/aromatic N) is 5. The van der Waals surface area contributed by atoms with Gasteiger partial charge in [-0.3, -0.25) is 4.79 Å². The van der Waals surface area contributed by atoms with Crippen LogP contribution in [0.1, 0.15) is 17.2 Å². The third-order valence-electron chi connectivity index (χ3n) is 6.44. The monoisotopic (exact) mass is 482 g/mol. The van der Waals surface area contributed by atoms with E-state index in [0.717, 1.165) is 18.9 Å². The number of nitrogens with one attached hydrogen (secondary N) is 1. The Balaban J connectivity index is 1.38. The Morgan fingerprint density at radius 2 is 1.94 bits per heavy atom. The van der Waals surface area contributed by atoms with Crippen molar-refractivity contribution in [2.45, 2.75) is 12.5 Å². The highest BCUT2D eigenvalue weighted by Crippen LogP contribution is 2.32. The van der Waals surface area contributed by atoms with Crippen LogP contribution in [0.5, 0.6) is 0 Å². The number of benzene rings is 2. The molecule has 0 spiro atoms. The van der Waals surface area contributed by atoms with Crippen molar-refractivity contribution in [3.8, 4) is 16.9 Å². The maximum absolute atomic E-state index is 15.0. The Bertz CT molecular complexity index is 1620. The number of aromatic nitrogens is 5. The fourth-order valence-electron chi connectivity index (χ4n) is 4.41. The van der Waals surface area contributed by atoms with E-state index in [1.807, 2.05) is 36.4 Å². The van der Waals surface area contributed by atoms with E-state index in [1.54, 1.807) is 40.8 Å². The van der Waals surface area contributed by atoms with Gasteiger partial charge >= 0.3 is 0 Å². The molecule has 0 radical (unpaired) electrons. The first-order valence-electron chi connectivity index (χ1n) is 11.7. The third kappa shape index (κ3) is 3.93. The number of anilines is 1. The SMILES string of the molecule is CNc1nccc(Cn2ccc(-c3nn(-c4ccc(C5COC5)cc4)c4c(F)cccc34)cc2=O)n1. The molecule has 0 atom stereocenters. The van der Waals surface area contributed by atoms with E-state index >= 15 is 4.39 Å². The Labute approximate surface area is 206 Å². The van der Waals surface area contributed by atoms with Crippen molar-refractivity contribution >= 4 is 16.9 Å². The molecule has 0 amide bonds. The lowest BCUT2D eigenvalue weighted by atomic mass is 9.97. The first kappa shape index (κ1) is 22.1. The molecule has 3 aromatic heterocycles. The second kappa shape index (κ2) is 9.01. The summed E-state index contributed by atoms with van der Waals surface area (Å²) in [7, 11) is 1.74. The van der Waals surface area contributed by atoms with Gasteiger partial charge in [0.1, 0.15) is 17.0 Å². The molecule has 8 nitrogen and oxygen atoms in total. The van der Waals surface area contributed by atoms with Gasteiger partial charge in [-0.25, -0.2) is 19.0 Å². The minimum absolute atomic E-state index is 0.205. The fraction of sp³-hybridized carbons (Fsp3) is 0.185. The molecule has 0 bridgehead atoms. The van der Waals surface area contributed by atoms with Crippen molar-refractivity contribution in [2.24, 2.45) is 0 Å². The summed E-state index contributed by atoms with van der Waals surface area (Å²) in [5.74, 6) is 0.518. The largest absolute Gasteiger partial charge is 0.380 e. The van der Waals surface area contributed by atoms with E-state index in [-0.39, 0.29) is 11.4 Å². The quantitative estimate of drug-likeness (QED) is 0.394. The molecule has 0 saturated carbocycles. The molecule has 1 N–H and O–H groups in total. The van der Waals surface area contributed by atoms with Gasteiger partial charge < -0.3 is 14.6 Å². The third-order valence-corrected chi connectivity index (χ3v) is 6.44. The molecular formula is C27H23FN6O2. The Hall–Kier alpha value is -4.37. The number of rotatable bonds is 6. The van der Waals surface area contributed by atoms with Crippen LogP contribution < -0.4 is 10.9 Å². The van der Waals surface area contributed by atoms with Crippen molar-refractivity contribution in [1.29, 1.82) is 0 Å². The number of hydrogen-bond acceptors (Lipinski definition) is 6. The molecule has 0 aliphatic carbocycles. The maximum Gasteiger partial charge on any atom is 0.251 e. The zero-order chi connectivity index (χ0) is 24.6. The van der Waals surface area contributed by atoms with Crippen LogP contribution in [0.25, 0.3) is 27.8 Å². The van der Waals surface area contributed by atoms with E-state index in [9.17, 15) is 4.79 Å².